The van der Waals surface area contributed by atoms with Gasteiger partial charge in [-0.25, -0.2) is 4.39 Å². The van der Waals surface area contributed by atoms with Crippen LogP contribution >= 0.6 is 11.6 Å². The molecule has 2 aromatic rings. The van der Waals surface area contributed by atoms with Gasteiger partial charge in [-0.1, -0.05) is 41.9 Å². The van der Waals surface area contributed by atoms with Gasteiger partial charge in [-0.15, -0.1) is 0 Å². The fraction of sp³-hybridized carbons (Fsp3) is 0.133. The van der Waals surface area contributed by atoms with Gasteiger partial charge in [0.05, 0.1) is 0 Å². The van der Waals surface area contributed by atoms with E-state index in [0.29, 0.717) is 18.4 Å². The molecule has 92 valence electrons. The summed E-state index contributed by atoms with van der Waals surface area (Å²) in [5, 5.41) is 0.248. The molecule has 0 fully saturated rings. The average molecular weight is 263 g/mol. The summed E-state index contributed by atoms with van der Waals surface area (Å²) >= 11 is 5.72. The minimum atomic E-state index is -0.481. The number of hydrogen-bond donors (Lipinski definition) is 0. The molecule has 0 bridgehead atoms. The number of aryl methyl sites for hydroxylation is 1. The maximum Gasteiger partial charge on any atom is 0.163 e. The summed E-state index contributed by atoms with van der Waals surface area (Å²) in [5.41, 5.74) is 1.42. The van der Waals surface area contributed by atoms with Crippen molar-refractivity contribution >= 4 is 17.4 Å². The lowest BCUT2D eigenvalue weighted by Crippen LogP contribution is -2.01. The Kier molecular flexibility index (Phi) is 4.11. The minimum Gasteiger partial charge on any atom is -0.294 e. The van der Waals surface area contributed by atoms with Crippen molar-refractivity contribution in [3.05, 3.63) is 70.5 Å². The van der Waals surface area contributed by atoms with Crippen LogP contribution in [0.2, 0.25) is 5.02 Å². The quantitative estimate of drug-likeness (QED) is 0.751. The third kappa shape index (κ3) is 3.41. The van der Waals surface area contributed by atoms with Gasteiger partial charge in [0.2, 0.25) is 0 Å². The van der Waals surface area contributed by atoms with E-state index in [1.54, 1.807) is 0 Å². The summed E-state index contributed by atoms with van der Waals surface area (Å²) in [7, 11) is 0. The highest BCUT2D eigenvalue weighted by molar-refractivity contribution is 6.31. The van der Waals surface area contributed by atoms with E-state index in [1.165, 1.54) is 18.2 Å². The first kappa shape index (κ1) is 12.8. The largest absolute Gasteiger partial charge is 0.294 e. The Labute approximate surface area is 110 Å². The van der Waals surface area contributed by atoms with E-state index in [-0.39, 0.29) is 10.8 Å². The van der Waals surface area contributed by atoms with Crippen LogP contribution in [0.5, 0.6) is 0 Å². The standard InChI is InChI=1S/C15H12ClFO/c16-13-8-12(9-14(17)10-13)15(18)7-6-11-4-2-1-3-5-11/h1-5,8-10H,6-7H2. The Hall–Kier alpha value is -1.67. The number of rotatable bonds is 4. The van der Waals surface area contributed by atoms with Gasteiger partial charge >= 0.3 is 0 Å². The van der Waals surface area contributed by atoms with Gasteiger partial charge in [0.1, 0.15) is 5.82 Å². The molecular formula is C15H12ClFO. The molecule has 2 aromatic carbocycles. The second-order valence-corrected chi connectivity index (χ2v) is 4.50. The van der Waals surface area contributed by atoms with Gasteiger partial charge in [-0.2, -0.15) is 0 Å². The fourth-order valence-electron chi connectivity index (χ4n) is 1.76. The summed E-state index contributed by atoms with van der Waals surface area (Å²) in [6, 6.07) is 13.6. The molecule has 0 heterocycles. The Morgan fingerprint density at radius 1 is 1.11 bits per heavy atom. The number of Topliss-reactive ketones (excluding diaryl/α,β-unsaturated/α-hetero) is 1. The summed E-state index contributed by atoms with van der Waals surface area (Å²) in [5.74, 6) is -0.578. The van der Waals surface area contributed by atoms with Crippen LogP contribution in [0.3, 0.4) is 0 Å². The van der Waals surface area contributed by atoms with Gasteiger partial charge in [-0.3, -0.25) is 4.79 Å². The normalized spacial score (nSPS) is 10.3. The Morgan fingerprint density at radius 2 is 1.83 bits per heavy atom. The fourth-order valence-corrected chi connectivity index (χ4v) is 1.98. The molecule has 0 aromatic heterocycles. The molecule has 0 aliphatic rings. The predicted octanol–water partition coefficient (Wildman–Crippen LogP) is 4.29. The van der Waals surface area contributed by atoms with Crippen molar-refractivity contribution < 1.29 is 9.18 Å². The van der Waals surface area contributed by atoms with Gasteiger partial charge in [-0.05, 0) is 30.2 Å². The van der Waals surface area contributed by atoms with Crippen LogP contribution in [0.4, 0.5) is 4.39 Å². The topological polar surface area (TPSA) is 17.1 Å². The molecule has 0 amide bonds. The molecule has 0 aliphatic carbocycles. The SMILES string of the molecule is O=C(CCc1ccccc1)c1cc(F)cc(Cl)c1. The van der Waals surface area contributed by atoms with Crippen LogP contribution in [-0.2, 0) is 6.42 Å². The van der Waals surface area contributed by atoms with Crippen molar-refractivity contribution in [3.8, 4) is 0 Å². The molecule has 0 saturated heterocycles. The van der Waals surface area contributed by atoms with Gasteiger partial charge < -0.3 is 0 Å². The number of benzene rings is 2. The zero-order valence-corrected chi connectivity index (χ0v) is 10.5. The van der Waals surface area contributed by atoms with E-state index in [9.17, 15) is 9.18 Å². The molecule has 2 rings (SSSR count). The maximum absolute atomic E-state index is 13.1. The number of carbonyl (C=O) groups excluding carboxylic acids is 1. The Morgan fingerprint density at radius 3 is 2.50 bits per heavy atom. The highest BCUT2D eigenvalue weighted by atomic mass is 35.5. The van der Waals surface area contributed by atoms with E-state index >= 15 is 0 Å². The zero-order valence-electron chi connectivity index (χ0n) is 9.70. The molecule has 0 radical (unpaired) electrons. The van der Waals surface area contributed by atoms with E-state index < -0.39 is 5.82 Å². The third-order valence-corrected chi connectivity index (χ3v) is 2.89. The second-order valence-electron chi connectivity index (χ2n) is 4.07. The molecule has 0 aliphatic heterocycles. The van der Waals surface area contributed by atoms with Crippen molar-refractivity contribution in [2.24, 2.45) is 0 Å². The average Bonchev–Trinajstić information content (AvgIpc) is 2.36. The maximum atomic E-state index is 13.1. The molecular weight excluding hydrogens is 251 g/mol. The van der Waals surface area contributed by atoms with Crippen LogP contribution in [0.15, 0.2) is 48.5 Å². The summed E-state index contributed by atoms with van der Waals surface area (Å²) in [4.78, 5) is 11.9. The third-order valence-electron chi connectivity index (χ3n) is 2.67. The van der Waals surface area contributed by atoms with E-state index in [1.807, 2.05) is 30.3 Å². The number of halogens is 2. The van der Waals surface area contributed by atoms with Crippen LogP contribution in [0.1, 0.15) is 22.3 Å². The first-order valence-corrected chi connectivity index (χ1v) is 6.06. The molecule has 0 atom stereocenters. The van der Waals surface area contributed by atoms with Crippen molar-refractivity contribution in [3.63, 3.8) is 0 Å². The van der Waals surface area contributed by atoms with E-state index in [0.717, 1.165) is 5.56 Å². The summed E-state index contributed by atoms with van der Waals surface area (Å²) < 4.78 is 13.1. The summed E-state index contributed by atoms with van der Waals surface area (Å²) in [6.07, 6.45) is 0.998. The van der Waals surface area contributed by atoms with E-state index in [2.05, 4.69) is 0 Å². The Bertz CT molecular complexity index is 531. The zero-order chi connectivity index (χ0) is 13.0. The van der Waals surface area contributed by atoms with Crippen LogP contribution in [0.25, 0.3) is 0 Å². The van der Waals surface area contributed by atoms with Gasteiger partial charge in [0.15, 0.2) is 5.78 Å². The molecule has 18 heavy (non-hydrogen) atoms. The lowest BCUT2D eigenvalue weighted by molar-refractivity contribution is 0.0982. The Balaban J connectivity index is 2.04. The van der Waals surface area contributed by atoms with Crippen molar-refractivity contribution in [1.82, 2.24) is 0 Å². The summed E-state index contributed by atoms with van der Waals surface area (Å²) in [6.45, 7) is 0. The lowest BCUT2D eigenvalue weighted by atomic mass is 10.0. The van der Waals surface area contributed by atoms with Gasteiger partial charge in [0.25, 0.3) is 0 Å². The van der Waals surface area contributed by atoms with Crippen LogP contribution < -0.4 is 0 Å². The van der Waals surface area contributed by atoms with Crippen molar-refractivity contribution in [2.75, 3.05) is 0 Å². The van der Waals surface area contributed by atoms with Crippen molar-refractivity contribution in [2.45, 2.75) is 12.8 Å². The number of hydrogen-bond acceptors (Lipinski definition) is 1. The molecule has 0 unspecified atom stereocenters. The molecule has 1 nitrogen and oxygen atoms in total. The highest BCUT2D eigenvalue weighted by Gasteiger charge is 2.08. The van der Waals surface area contributed by atoms with Crippen molar-refractivity contribution in [1.29, 1.82) is 0 Å². The lowest BCUT2D eigenvalue weighted by Gasteiger charge is -2.03. The molecule has 3 heteroatoms. The first-order chi connectivity index (χ1) is 8.65. The second kappa shape index (κ2) is 5.78. The molecule has 0 spiro atoms. The van der Waals surface area contributed by atoms with Gasteiger partial charge in [0, 0.05) is 17.0 Å². The minimum absolute atomic E-state index is 0.0970. The number of carbonyl (C=O) groups is 1. The smallest absolute Gasteiger partial charge is 0.163 e. The molecule has 0 N–H and O–H groups in total. The highest BCUT2D eigenvalue weighted by Crippen LogP contribution is 2.16. The monoisotopic (exact) mass is 262 g/mol. The first-order valence-electron chi connectivity index (χ1n) is 5.68. The van der Waals surface area contributed by atoms with Crippen LogP contribution in [0, 0.1) is 5.82 Å². The number of ketones is 1. The van der Waals surface area contributed by atoms with Crippen LogP contribution in [-0.4, -0.2) is 5.78 Å². The predicted molar refractivity (Wildman–Crippen MR) is 70.5 cm³/mol. The molecule has 0 saturated carbocycles. The van der Waals surface area contributed by atoms with E-state index in [4.69, 9.17) is 11.6 Å².